The lowest BCUT2D eigenvalue weighted by atomic mass is 10.3. The molecular formula is C5H8FNO3. The smallest absolute Gasteiger partial charge is 0.328 e. The molecule has 0 aliphatic heterocycles. The van der Waals surface area contributed by atoms with Gasteiger partial charge in [-0.3, -0.25) is 4.79 Å². The van der Waals surface area contributed by atoms with Crippen LogP contribution < -0.4 is 5.32 Å². The van der Waals surface area contributed by atoms with Crippen molar-refractivity contribution in [1.29, 1.82) is 0 Å². The van der Waals surface area contributed by atoms with Crippen molar-refractivity contribution >= 4 is 11.9 Å². The van der Waals surface area contributed by atoms with Crippen LogP contribution in [0.1, 0.15) is 6.92 Å². The molecule has 5 heteroatoms. The van der Waals surface area contributed by atoms with Crippen molar-refractivity contribution in [3.05, 3.63) is 0 Å². The first kappa shape index (κ1) is 8.87. The summed E-state index contributed by atoms with van der Waals surface area (Å²) in [5, 5.41) is 10.1. The molecule has 0 fully saturated rings. The number of carbonyl (C=O) groups excluding carboxylic acids is 1. The van der Waals surface area contributed by atoms with E-state index in [1.807, 2.05) is 5.32 Å². The van der Waals surface area contributed by atoms with Crippen LogP contribution in [-0.2, 0) is 9.59 Å². The van der Waals surface area contributed by atoms with Crippen molar-refractivity contribution in [2.75, 3.05) is 6.67 Å². The summed E-state index contributed by atoms with van der Waals surface area (Å²) in [6.45, 7) is 0.0422. The maximum atomic E-state index is 11.7. The number of carboxylic acids is 1. The van der Waals surface area contributed by atoms with Crippen LogP contribution in [-0.4, -0.2) is 29.7 Å². The summed E-state index contributed by atoms with van der Waals surface area (Å²) in [6.07, 6.45) is 0. The largest absolute Gasteiger partial charge is 0.480 e. The first-order chi connectivity index (χ1) is 4.57. The van der Waals surface area contributed by atoms with Crippen LogP contribution in [0.15, 0.2) is 0 Å². The Kier molecular flexibility index (Phi) is 3.38. The zero-order valence-electron chi connectivity index (χ0n) is 5.43. The summed E-state index contributed by atoms with van der Waals surface area (Å²) in [5.41, 5.74) is 0. The van der Waals surface area contributed by atoms with Crippen LogP contribution in [0.5, 0.6) is 0 Å². The number of amides is 1. The summed E-state index contributed by atoms with van der Waals surface area (Å²) in [4.78, 5) is 20.2. The van der Waals surface area contributed by atoms with Gasteiger partial charge in [-0.15, -0.1) is 0 Å². The zero-order valence-corrected chi connectivity index (χ0v) is 5.43. The molecular weight excluding hydrogens is 141 g/mol. The summed E-state index contributed by atoms with van der Waals surface area (Å²) < 4.78 is 11.7. The molecule has 0 saturated carbocycles. The van der Waals surface area contributed by atoms with Gasteiger partial charge in [0.15, 0.2) is 6.04 Å². The minimum absolute atomic E-state index is 0.551. The molecule has 0 spiro atoms. The van der Waals surface area contributed by atoms with Gasteiger partial charge in [0.2, 0.25) is 5.91 Å². The maximum absolute atomic E-state index is 11.7. The second-order valence-corrected chi connectivity index (χ2v) is 1.75. The third-order valence-electron chi connectivity index (χ3n) is 0.830. The quantitative estimate of drug-likeness (QED) is 0.570. The van der Waals surface area contributed by atoms with E-state index in [0.717, 1.165) is 6.92 Å². The molecule has 10 heavy (non-hydrogen) atoms. The molecule has 0 aliphatic rings. The Morgan fingerprint density at radius 3 is 2.30 bits per heavy atom. The zero-order chi connectivity index (χ0) is 8.15. The molecule has 0 aromatic rings. The summed E-state index contributed by atoms with van der Waals surface area (Å²) in [7, 11) is 0. The van der Waals surface area contributed by atoms with Gasteiger partial charge in [-0.2, -0.15) is 0 Å². The van der Waals surface area contributed by atoms with Crippen molar-refractivity contribution in [2.45, 2.75) is 13.0 Å². The highest BCUT2D eigenvalue weighted by Crippen LogP contribution is 1.84. The SMILES string of the molecule is CC(=O)NC(CF)C(=O)O. The van der Waals surface area contributed by atoms with Crippen molar-refractivity contribution < 1.29 is 19.1 Å². The van der Waals surface area contributed by atoms with E-state index >= 15 is 0 Å². The Bertz CT molecular complexity index is 148. The molecule has 0 heterocycles. The molecule has 0 aliphatic carbocycles. The lowest BCUT2D eigenvalue weighted by Crippen LogP contribution is -2.41. The summed E-state index contributed by atoms with van der Waals surface area (Å²) in [5.74, 6) is -1.91. The van der Waals surface area contributed by atoms with E-state index in [1.165, 1.54) is 0 Å². The number of hydrogen-bond acceptors (Lipinski definition) is 2. The van der Waals surface area contributed by atoms with E-state index < -0.39 is 24.6 Å². The second-order valence-electron chi connectivity index (χ2n) is 1.75. The number of hydrogen-bond donors (Lipinski definition) is 2. The normalized spacial score (nSPS) is 12.2. The first-order valence-electron chi connectivity index (χ1n) is 2.63. The van der Waals surface area contributed by atoms with Crippen LogP contribution in [0, 0.1) is 0 Å². The number of rotatable bonds is 3. The standard InChI is InChI=1S/C5H8FNO3/c1-3(8)7-4(2-6)5(9)10/h4H,2H2,1H3,(H,7,8)(H,9,10). The Morgan fingerprint density at radius 2 is 2.20 bits per heavy atom. The summed E-state index contributed by atoms with van der Waals surface area (Å²) >= 11 is 0. The third-order valence-corrected chi connectivity index (χ3v) is 0.830. The lowest BCUT2D eigenvalue weighted by molar-refractivity contribution is -0.141. The molecule has 1 amide bonds. The van der Waals surface area contributed by atoms with Crippen molar-refractivity contribution in [3.8, 4) is 0 Å². The van der Waals surface area contributed by atoms with E-state index in [9.17, 15) is 14.0 Å². The fourth-order valence-corrected chi connectivity index (χ4v) is 0.412. The molecule has 0 aromatic heterocycles. The van der Waals surface area contributed by atoms with E-state index in [-0.39, 0.29) is 0 Å². The molecule has 2 N–H and O–H groups in total. The highest BCUT2D eigenvalue weighted by molar-refractivity contribution is 5.82. The van der Waals surface area contributed by atoms with E-state index in [0.29, 0.717) is 0 Å². The number of halogens is 1. The average molecular weight is 149 g/mol. The molecule has 1 atom stereocenters. The van der Waals surface area contributed by atoms with Crippen LogP contribution in [0.25, 0.3) is 0 Å². The van der Waals surface area contributed by atoms with Crippen LogP contribution in [0.2, 0.25) is 0 Å². The van der Waals surface area contributed by atoms with Crippen LogP contribution in [0.4, 0.5) is 4.39 Å². The van der Waals surface area contributed by atoms with Crippen LogP contribution >= 0.6 is 0 Å². The molecule has 4 nitrogen and oxygen atoms in total. The number of carbonyl (C=O) groups is 2. The van der Waals surface area contributed by atoms with Gasteiger partial charge >= 0.3 is 5.97 Å². The van der Waals surface area contributed by atoms with Gasteiger partial charge < -0.3 is 10.4 Å². The number of carboxylic acid groups (broad SMARTS) is 1. The number of nitrogens with one attached hydrogen (secondary N) is 1. The maximum Gasteiger partial charge on any atom is 0.328 e. The van der Waals surface area contributed by atoms with Crippen LogP contribution in [0.3, 0.4) is 0 Å². The highest BCUT2D eigenvalue weighted by atomic mass is 19.1. The lowest BCUT2D eigenvalue weighted by Gasteiger charge is -2.06. The van der Waals surface area contributed by atoms with Gasteiger partial charge in [-0.1, -0.05) is 0 Å². The predicted molar refractivity (Wildman–Crippen MR) is 31.2 cm³/mol. The van der Waals surface area contributed by atoms with Gasteiger partial charge in [-0.25, -0.2) is 9.18 Å². The van der Waals surface area contributed by atoms with Crippen molar-refractivity contribution in [3.63, 3.8) is 0 Å². The Balaban J connectivity index is 3.83. The van der Waals surface area contributed by atoms with Crippen molar-refractivity contribution in [1.82, 2.24) is 5.32 Å². The molecule has 0 aromatic carbocycles. The Hall–Kier alpha value is -1.13. The molecule has 0 bridgehead atoms. The van der Waals surface area contributed by atoms with E-state index in [2.05, 4.69) is 0 Å². The molecule has 58 valence electrons. The molecule has 1 unspecified atom stereocenters. The second kappa shape index (κ2) is 3.81. The van der Waals surface area contributed by atoms with E-state index in [1.54, 1.807) is 0 Å². The fourth-order valence-electron chi connectivity index (χ4n) is 0.412. The fraction of sp³-hybridized carbons (Fsp3) is 0.600. The molecule has 0 radical (unpaired) electrons. The minimum Gasteiger partial charge on any atom is -0.480 e. The van der Waals surface area contributed by atoms with Gasteiger partial charge in [0.1, 0.15) is 6.67 Å². The Labute approximate surface area is 57.0 Å². The highest BCUT2D eigenvalue weighted by Gasteiger charge is 2.16. The van der Waals surface area contributed by atoms with Gasteiger partial charge in [0.25, 0.3) is 0 Å². The third kappa shape index (κ3) is 3.01. The van der Waals surface area contributed by atoms with Gasteiger partial charge in [0, 0.05) is 6.92 Å². The number of alkyl halides is 1. The topological polar surface area (TPSA) is 66.4 Å². The first-order valence-corrected chi connectivity index (χ1v) is 2.63. The molecule has 0 saturated heterocycles. The van der Waals surface area contributed by atoms with E-state index in [4.69, 9.17) is 5.11 Å². The molecule has 0 rings (SSSR count). The average Bonchev–Trinajstić information content (AvgIpc) is 1.81. The van der Waals surface area contributed by atoms with Crippen molar-refractivity contribution in [2.24, 2.45) is 0 Å². The van der Waals surface area contributed by atoms with Gasteiger partial charge in [0.05, 0.1) is 0 Å². The summed E-state index contributed by atoms with van der Waals surface area (Å²) in [6, 6.07) is -1.41. The minimum atomic E-state index is -1.41. The predicted octanol–water partition coefficient (Wildman–Crippen LogP) is -0.455. The Morgan fingerprint density at radius 1 is 1.70 bits per heavy atom. The number of aliphatic carboxylic acids is 1. The monoisotopic (exact) mass is 149 g/mol. The van der Waals surface area contributed by atoms with Gasteiger partial charge in [-0.05, 0) is 0 Å².